The molecule has 1 atom stereocenters. The third kappa shape index (κ3) is 6.22. The summed E-state index contributed by atoms with van der Waals surface area (Å²) in [5.41, 5.74) is 2.11. The minimum atomic E-state index is 0.739. The summed E-state index contributed by atoms with van der Waals surface area (Å²) in [7, 11) is 1.62. The maximum absolute atomic E-state index is 5.94. The minimum Gasteiger partial charge on any atom is -0.494 e. The summed E-state index contributed by atoms with van der Waals surface area (Å²) in [4.78, 5) is 10.1. The predicted molar refractivity (Wildman–Crippen MR) is 111 cm³/mol. The van der Waals surface area contributed by atoms with Gasteiger partial charge < -0.3 is 14.5 Å². The van der Waals surface area contributed by atoms with E-state index in [-0.39, 0.29) is 0 Å². The van der Waals surface area contributed by atoms with E-state index < -0.39 is 0 Å². The fraction of sp³-hybridized carbons (Fsp3) is 0.682. The van der Waals surface area contributed by atoms with E-state index in [0.29, 0.717) is 0 Å². The number of rotatable bonds is 9. The van der Waals surface area contributed by atoms with Gasteiger partial charge in [0.15, 0.2) is 0 Å². The highest BCUT2D eigenvalue weighted by Crippen LogP contribution is 2.18. The number of nitrogens with zero attached hydrogens (tertiary/aromatic N) is 3. The van der Waals surface area contributed by atoms with Crippen LogP contribution in [-0.4, -0.2) is 68.0 Å². The van der Waals surface area contributed by atoms with Crippen molar-refractivity contribution in [2.45, 2.75) is 51.5 Å². The number of benzene rings is 1. The molecule has 2 saturated heterocycles. The maximum atomic E-state index is 5.94. The molecule has 2 aliphatic rings. The second-order valence-electron chi connectivity index (χ2n) is 7.81. The Morgan fingerprint density at radius 2 is 1.85 bits per heavy atom. The van der Waals surface area contributed by atoms with Crippen LogP contribution in [0.4, 0.5) is 0 Å². The molecule has 0 saturated carbocycles. The molecule has 2 fully saturated rings. The van der Waals surface area contributed by atoms with Crippen LogP contribution >= 0.6 is 0 Å². The van der Waals surface area contributed by atoms with E-state index in [9.17, 15) is 0 Å². The van der Waals surface area contributed by atoms with Crippen LogP contribution in [0.3, 0.4) is 0 Å². The molecule has 0 N–H and O–H groups in total. The van der Waals surface area contributed by atoms with Crippen molar-refractivity contribution < 1.29 is 9.57 Å². The number of likely N-dealkylation sites (tertiary alicyclic amines) is 2. The molecule has 5 nitrogen and oxygen atoms in total. The Hall–Kier alpha value is -1.59. The quantitative estimate of drug-likeness (QED) is 0.375. The lowest BCUT2D eigenvalue weighted by molar-refractivity contribution is 0.207. The van der Waals surface area contributed by atoms with Gasteiger partial charge in [-0.15, -0.1) is 0 Å². The molecule has 27 heavy (non-hydrogen) atoms. The molecule has 0 spiro atoms. The predicted octanol–water partition coefficient (Wildman–Crippen LogP) is 3.78. The summed E-state index contributed by atoms with van der Waals surface area (Å²) in [6.07, 6.45) is 7.66. The lowest BCUT2D eigenvalue weighted by Gasteiger charge is -2.26. The molecule has 5 heteroatoms. The Labute approximate surface area is 164 Å². The first-order chi connectivity index (χ1) is 13.3. The van der Waals surface area contributed by atoms with Crippen molar-refractivity contribution in [2.24, 2.45) is 5.16 Å². The average molecular weight is 374 g/mol. The second kappa shape index (κ2) is 10.7. The molecule has 0 aliphatic carbocycles. The Balaban J connectivity index is 1.46. The lowest BCUT2D eigenvalue weighted by Crippen LogP contribution is -2.34. The van der Waals surface area contributed by atoms with Gasteiger partial charge in [-0.1, -0.05) is 11.6 Å². The SMILES string of the molecule is CO/N=C(/CN1CCCCC1)c1ccc(OCCCN2CCC[C@H]2C)cc1. The van der Waals surface area contributed by atoms with Crippen molar-refractivity contribution in [3.8, 4) is 5.75 Å². The van der Waals surface area contributed by atoms with Crippen molar-refractivity contribution in [1.82, 2.24) is 9.80 Å². The summed E-state index contributed by atoms with van der Waals surface area (Å²) in [5, 5.41) is 4.27. The summed E-state index contributed by atoms with van der Waals surface area (Å²) in [6, 6.07) is 9.03. The Bertz CT molecular complexity index is 582. The Morgan fingerprint density at radius 1 is 1.07 bits per heavy atom. The Kier molecular flexibility index (Phi) is 7.96. The van der Waals surface area contributed by atoms with E-state index in [1.807, 2.05) is 0 Å². The number of hydrogen-bond donors (Lipinski definition) is 0. The molecule has 0 aromatic heterocycles. The summed E-state index contributed by atoms with van der Waals surface area (Å²) in [6.45, 7) is 8.64. The lowest BCUT2D eigenvalue weighted by atomic mass is 10.1. The van der Waals surface area contributed by atoms with Gasteiger partial charge >= 0.3 is 0 Å². The Morgan fingerprint density at radius 3 is 2.52 bits per heavy atom. The monoisotopic (exact) mass is 373 g/mol. The van der Waals surface area contributed by atoms with Crippen molar-refractivity contribution in [3.05, 3.63) is 29.8 Å². The minimum absolute atomic E-state index is 0.739. The first-order valence-electron chi connectivity index (χ1n) is 10.6. The third-order valence-electron chi connectivity index (χ3n) is 5.76. The number of ether oxygens (including phenoxy) is 1. The van der Waals surface area contributed by atoms with Crippen molar-refractivity contribution >= 4 is 5.71 Å². The van der Waals surface area contributed by atoms with Gasteiger partial charge in [0, 0.05) is 24.7 Å². The standard InChI is InChI=1S/C22H35N3O2/c1-19-8-6-15-25(19)16-7-17-27-21-11-9-20(10-12-21)22(23-26-2)18-24-13-4-3-5-14-24/h9-12,19H,3-8,13-18H2,1-2H3/b23-22-/t19-/m1/s1. The zero-order valence-corrected chi connectivity index (χ0v) is 17.0. The van der Waals surface area contributed by atoms with Gasteiger partial charge in [0.25, 0.3) is 0 Å². The normalized spacial score (nSPS) is 22.1. The van der Waals surface area contributed by atoms with Gasteiger partial charge in [-0.25, -0.2) is 0 Å². The average Bonchev–Trinajstić information content (AvgIpc) is 3.11. The first-order valence-corrected chi connectivity index (χ1v) is 10.6. The second-order valence-corrected chi connectivity index (χ2v) is 7.81. The van der Waals surface area contributed by atoms with Crippen molar-refractivity contribution in [1.29, 1.82) is 0 Å². The molecule has 1 aromatic carbocycles. The maximum Gasteiger partial charge on any atom is 0.119 e. The molecule has 2 aliphatic heterocycles. The molecular weight excluding hydrogens is 338 g/mol. The van der Waals surface area contributed by atoms with Crippen LogP contribution in [0.15, 0.2) is 29.4 Å². The fourth-order valence-corrected chi connectivity index (χ4v) is 4.14. The molecule has 1 aromatic rings. The zero-order valence-electron chi connectivity index (χ0n) is 17.0. The zero-order chi connectivity index (χ0) is 18.9. The smallest absolute Gasteiger partial charge is 0.119 e. The van der Waals surface area contributed by atoms with E-state index in [4.69, 9.17) is 9.57 Å². The van der Waals surface area contributed by atoms with Crippen LogP contribution < -0.4 is 4.74 Å². The molecule has 0 unspecified atom stereocenters. The van der Waals surface area contributed by atoms with Gasteiger partial charge in [0.2, 0.25) is 0 Å². The number of oxime groups is 1. The van der Waals surface area contributed by atoms with Crippen LogP contribution in [0, 0.1) is 0 Å². The fourth-order valence-electron chi connectivity index (χ4n) is 4.14. The first kappa shape index (κ1) is 20.2. The molecule has 3 rings (SSSR count). The molecule has 0 bridgehead atoms. The largest absolute Gasteiger partial charge is 0.494 e. The highest BCUT2D eigenvalue weighted by atomic mass is 16.6. The summed E-state index contributed by atoms with van der Waals surface area (Å²) >= 11 is 0. The van der Waals surface area contributed by atoms with E-state index in [2.05, 4.69) is 46.1 Å². The van der Waals surface area contributed by atoms with Crippen LogP contribution in [0.2, 0.25) is 0 Å². The van der Waals surface area contributed by atoms with E-state index in [0.717, 1.165) is 62.3 Å². The summed E-state index contributed by atoms with van der Waals surface area (Å²) in [5.74, 6) is 0.933. The van der Waals surface area contributed by atoms with Gasteiger partial charge in [0.1, 0.15) is 18.6 Å². The van der Waals surface area contributed by atoms with Gasteiger partial charge in [-0.2, -0.15) is 0 Å². The molecule has 150 valence electrons. The van der Waals surface area contributed by atoms with E-state index >= 15 is 0 Å². The molecule has 2 heterocycles. The van der Waals surface area contributed by atoms with E-state index in [1.165, 1.54) is 38.6 Å². The number of hydrogen-bond acceptors (Lipinski definition) is 5. The van der Waals surface area contributed by atoms with Crippen LogP contribution in [0.25, 0.3) is 0 Å². The van der Waals surface area contributed by atoms with Crippen molar-refractivity contribution in [2.75, 3.05) is 46.4 Å². The van der Waals surface area contributed by atoms with Crippen LogP contribution in [-0.2, 0) is 4.84 Å². The van der Waals surface area contributed by atoms with Gasteiger partial charge in [-0.3, -0.25) is 4.90 Å². The molecular formula is C22H35N3O2. The number of piperidine rings is 1. The highest BCUT2D eigenvalue weighted by Gasteiger charge is 2.19. The summed E-state index contributed by atoms with van der Waals surface area (Å²) < 4.78 is 5.94. The van der Waals surface area contributed by atoms with E-state index in [1.54, 1.807) is 7.11 Å². The topological polar surface area (TPSA) is 37.3 Å². The van der Waals surface area contributed by atoms with Crippen LogP contribution in [0.1, 0.15) is 51.0 Å². The van der Waals surface area contributed by atoms with Crippen molar-refractivity contribution in [3.63, 3.8) is 0 Å². The third-order valence-corrected chi connectivity index (χ3v) is 5.76. The van der Waals surface area contributed by atoms with Gasteiger partial charge in [0.05, 0.1) is 6.61 Å². The molecule has 0 radical (unpaired) electrons. The van der Waals surface area contributed by atoms with Gasteiger partial charge in [-0.05, 0) is 82.9 Å². The van der Waals surface area contributed by atoms with Crippen LogP contribution in [0.5, 0.6) is 5.75 Å². The molecule has 0 amide bonds. The highest BCUT2D eigenvalue weighted by molar-refractivity contribution is 6.01.